The molecule has 0 spiro atoms. The standard InChI is InChI=1S/C34H45ClN6O9S/c1-9-19-16-34(19,30(44)40-51(46,47)21-10-11-21)39-27(42)22-15-20(49-28-23(48-8)14-18-12-13-36-26(35)24(18)37-28)17-41(22)29(43)25(32(2,3)4)38-31(45)50-33(5,6)7/h9,12-14,19-22,25H,1,10-11,15-17H2,2-8H3,(H,38,45)(H,39,42)(H,40,44)/t19-,20-,22+,25-,34-/m1/s1. The van der Waals surface area contributed by atoms with Gasteiger partial charge in [0.15, 0.2) is 10.9 Å². The SMILES string of the molecule is C=C[C@@H]1C[C@]1(NC(=O)[C@@H]1C[C@@H](Oc2nc3c(Cl)nccc3cc2OC)CN1C(=O)[C@@H](NC(=O)OC(C)(C)C)C(C)(C)C)C(=O)NS(=O)(=O)C1CC1. The number of fused-ring (bicyclic) bond motifs is 1. The molecule has 4 amide bonds. The van der Waals surface area contributed by atoms with Crippen LogP contribution in [0.2, 0.25) is 5.15 Å². The van der Waals surface area contributed by atoms with Gasteiger partial charge in [-0.1, -0.05) is 38.4 Å². The van der Waals surface area contributed by atoms with Gasteiger partial charge < -0.3 is 29.7 Å². The summed E-state index contributed by atoms with van der Waals surface area (Å²) in [5.41, 5.74) is -2.92. The van der Waals surface area contributed by atoms with Crippen LogP contribution in [0.15, 0.2) is 31.0 Å². The highest BCUT2D eigenvalue weighted by Gasteiger charge is 2.62. The largest absolute Gasteiger partial charge is 0.491 e. The minimum Gasteiger partial charge on any atom is -0.491 e. The summed E-state index contributed by atoms with van der Waals surface area (Å²) in [4.78, 5) is 64.9. The number of nitrogens with zero attached hydrogens (tertiary/aromatic N) is 3. The Morgan fingerprint density at radius 3 is 2.41 bits per heavy atom. The Kier molecular flexibility index (Phi) is 10.3. The summed E-state index contributed by atoms with van der Waals surface area (Å²) in [7, 11) is -2.48. The number of halogens is 1. The second kappa shape index (κ2) is 13.7. The lowest BCUT2D eigenvalue weighted by atomic mass is 9.85. The Labute approximate surface area is 302 Å². The summed E-state index contributed by atoms with van der Waals surface area (Å²) in [5.74, 6) is -2.41. The van der Waals surface area contributed by atoms with Gasteiger partial charge in [0.05, 0.1) is 18.9 Å². The fourth-order valence-electron chi connectivity index (χ4n) is 6.05. The molecule has 2 saturated carbocycles. The van der Waals surface area contributed by atoms with Crippen LogP contribution >= 0.6 is 11.6 Å². The third-order valence-electron chi connectivity index (χ3n) is 8.99. The number of nitrogens with one attached hydrogen (secondary N) is 3. The molecule has 2 aromatic heterocycles. The normalized spacial score (nSPS) is 23.9. The highest BCUT2D eigenvalue weighted by Crippen LogP contribution is 2.45. The predicted molar refractivity (Wildman–Crippen MR) is 188 cm³/mol. The molecule has 5 atom stereocenters. The van der Waals surface area contributed by atoms with E-state index in [4.69, 9.17) is 25.8 Å². The fraction of sp³-hybridized carbons (Fsp3) is 0.588. The molecule has 5 rings (SSSR count). The lowest BCUT2D eigenvalue weighted by Crippen LogP contribution is -2.60. The number of hydrogen-bond donors (Lipinski definition) is 3. The number of hydrogen-bond acceptors (Lipinski definition) is 11. The highest BCUT2D eigenvalue weighted by atomic mass is 35.5. The van der Waals surface area contributed by atoms with E-state index in [1.165, 1.54) is 24.3 Å². The molecule has 17 heteroatoms. The van der Waals surface area contributed by atoms with Crippen molar-refractivity contribution in [2.75, 3.05) is 13.7 Å². The van der Waals surface area contributed by atoms with Crippen LogP contribution in [-0.4, -0.2) is 95.3 Å². The number of aromatic nitrogens is 2. The van der Waals surface area contributed by atoms with Crippen LogP contribution in [0, 0.1) is 11.3 Å². The number of likely N-dealkylation sites (tertiary alicyclic amines) is 1. The zero-order valence-corrected chi connectivity index (χ0v) is 31.3. The molecule has 2 aromatic rings. The van der Waals surface area contributed by atoms with Gasteiger partial charge in [0.25, 0.3) is 11.8 Å². The zero-order chi connectivity index (χ0) is 37.7. The average molecular weight is 749 g/mol. The summed E-state index contributed by atoms with van der Waals surface area (Å²) in [6.07, 6.45) is 2.31. The number of amides is 4. The van der Waals surface area contributed by atoms with Crippen molar-refractivity contribution in [2.24, 2.45) is 11.3 Å². The molecule has 51 heavy (non-hydrogen) atoms. The third-order valence-corrected chi connectivity index (χ3v) is 11.1. The van der Waals surface area contributed by atoms with Crippen LogP contribution in [-0.2, 0) is 29.1 Å². The van der Waals surface area contributed by atoms with Gasteiger partial charge in [-0.15, -0.1) is 6.58 Å². The fourth-order valence-corrected chi connectivity index (χ4v) is 7.62. The van der Waals surface area contributed by atoms with Gasteiger partial charge in [0.1, 0.15) is 34.8 Å². The number of sulfonamides is 1. The molecule has 3 N–H and O–H groups in total. The Hall–Kier alpha value is -4.18. The van der Waals surface area contributed by atoms with Crippen molar-refractivity contribution in [1.29, 1.82) is 0 Å². The molecule has 0 radical (unpaired) electrons. The molecule has 3 fully saturated rings. The van der Waals surface area contributed by atoms with Gasteiger partial charge >= 0.3 is 6.09 Å². The summed E-state index contributed by atoms with van der Waals surface area (Å²) in [5, 5.41) is 5.55. The summed E-state index contributed by atoms with van der Waals surface area (Å²) in [6, 6.07) is 1.02. The van der Waals surface area contributed by atoms with Crippen molar-refractivity contribution in [3.63, 3.8) is 0 Å². The van der Waals surface area contributed by atoms with E-state index < -0.39 is 79.7 Å². The van der Waals surface area contributed by atoms with Crippen molar-refractivity contribution in [1.82, 2.24) is 30.2 Å². The van der Waals surface area contributed by atoms with Crippen LogP contribution in [0.25, 0.3) is 10.9 Å². The van der Waals surface area contributed by atoms with Gasteiger partial charge in [0.2, 0.25) is 21.8 Å². The summed E-state index contributed by atoms with van der Waals surface area (Å²) in [6.45, 7) is 14.0. The summed E-state index contributed by atoms with van der Waals surface area (Å²) < 4.78 is 44.7. The van der Waals surface area contributed by atoms with E-state index in [9.17, 15) is 27.6 Å². The second-order valence-corrected chi connectivity index (χ2v) is 17.6. The molecule has 1 saturated heterocycles. The van der Waals surface area contributed by atoms with Gasteiger partial charge in [-0.25, -0.2) is 23.2 Å². The maximum Gasteiger partial charge on any atom is 0.408 e. The first-order chi connectivity index (χ1) is 23.7. The number of carbonyl (C=O) groups excluding carboxylic acids is 4. The molecule has 15 nitrogen and oxygen atoms in total. The van der Waals surface area contributed by atoms with Crippen molar-refractivity contribution >= 4 is 56.3 Å². The second-order valence-electron chi connectivity index (χ2n) is 15.3. The highest BCUT2D eigenvalue weighted by molar-refractivity contribution is 7.91. The predicted octanol–water partition coefficient (Wildman–Crippen LogP) is 3.25. The molecular weight excluding hydrogens is 704 g/mol. The molecule has 3 heterocycles. The van der Waals surface area contributed by atoms with Crippen molar-refractivity contribution in [3.8, 4) is 11.6 Å². The molecule has 3 aliphatic rings. The first-order valence-corrected chi connectivity index (χ1v) is 18.6. The first kappa shape index (κ1) is 38.1. The Bertz CT molecular complexity index is 1860. The number of carbonyl (C=O) groups is 4. The summed E-state index contributed by atoms with van der Waals surface area (Å²) >= 11 is 6.31. The maximum atomic E-state index is 14.4. The topological polar surface area (TPSA) is 195 Å². The quantitative estimate of drug-likeness (QED) is 0.226. The molecule has 278 valence electrons. The van der Waals surface area contributed by atoms with E-state index in [1.54, 1.807) is 53.7 Å². The third kappa shape index (κ3) is 8.32. The number of methoxy groups -OCH3 is 1. The van der Waals surface area contributed by atoms with E-state index >= 15 is 0 Å². The Morgan fingerprint density at radius 1 is 1.16 bits per heavy atom. The number of pyridine rings is 2. The van der Waals surface area contributed by atoms with Gasteiger partial charge in [0, 0.05) is 23.9 Å². The van der Waals surface area contributed by atoms with Crippen LogP contribution < -0.4 is 24.8 Å². The number of rotatable bonds is 11. The lowest BCUT2D eigenvalue weighted by molar-refractivity contribution is -0.143. The monoisotopic (exact) mass is 748 g/mol. The van der Waals surface area contributed by atoms with E-state index in [0.29, 0.717) is 23.7 Å². The molecule has 2 aliphatic carbocycles. The lowest BCUT2D eigenvalue weighted by Gasteiger charge is -2.36. The Morgan fingerprint density at radius 2 is 1.84 bits per heavy atom. The number of alkyl carbamates (subject to hydrolysis) is 1. The van der Waals surface area contributed by atoms with Crippen molar-refractivity contribution < 1.29 is 41.8 Å². The van der Waals surface area contributed by atoms with Crippen LogP contribution in [0.4, 0.5) is 4.79 Å². The van der Waals surface area contributed by atoms with E-state index in [0.717, 1.165) is 0 Å². The average Bonchev–Trinajstić information content (AvgIpc) is 3.95. The molecular formula is C34H45ClN6O9S. The first-order valence-electron chi connectivity index (χ1n) is 16.7. The van der Waals surface area contributed by atoms with E-state index in [2.05, 4.69) is 31.9 Å². The van der Waals surface area contributed by atoms with Crippen LogP contribution in [0.5, 0.6) is 11.6 Å². The van der Waals surface area contributed by atoms with E-state index in [1.807, 2.05) is 0 Å². The van der Waals surface area contributed by atoms with E-state index in [-0.39, 0.29) is 36.2 Å². The van der Waals surface area contributed by atoms with Gasteiger partial charge in [-0.2, -0.15) is 0 Å². The van der Waals surface area contributed by atoms with Crippen molar-refractivity contribution in [2.45, 2.75) is 102 Å². The minimum atomic E-state index is -3.92. The Balaban J connectivity index is 1.46. The number of ether oxygens (including phenoxy) is 3. The molecule has 0 bridgehead atoms. The minimum absolute atomic E-state index is 0.0488. The van der Waals surface area contributed by atoms with Crippen molar-refractivity contribution in [3.05, 3.63) is 36.1 Å². The molecule has 0 unspecified atom stereocenters. The van der Waals surface area contributed by atoms with Gasteiger partial charge in [-0.3, -0.25) is 19.1 Å². The zero-order valence-electron chi connectivity index (χ0n) is 29.7. The van der Waals surface area contributed by atoms with Crippen LogP contribution in [0.1, 0.15) is 67.2 Å². The smallest absolute Gasteiger partial charge is 0.408 e. The maximum absolute atomic E-state index is 14.4. The van der Waals surface area contributed by atoms with Gasteiger partial charge in [-0.05, 0) is 57.6 Å². The molecule has 0 aromatic carbocycles. The van der Waals surface area contributed by atoms with Crippen LogP contribution in [0.3, 0.4) is 0 Å². The molecule has 1 aliphatic heterocycles.